The number of nitrogens with zero attached hydrogens (tertiary/aromatic N) is 4. The minimum Gasteiger partial charge on any atom is -0.306 e. The number of hydrogen-bond acceptors (Lipinski definition) is 4. The van der Waals surface area contributed by atoms with Crippen molar-refractivity contribution < 1.29 is 4.79 Å². The van der Waals surface area contributed by atoms with Crippen LogP contribution in [0, 0.1) is 0 Å². The molecule has 164 valence electrons. The summed E-state index contributed by atoms with van der Waals surface area (Å²) in [4.78, 5) is 22.8. The van der Waals surface area contributed by atoms with E-state index in [4.69, 9.17) is 0 Å². The molecule has 2 aromatic heterocycles. The van der Waals surface area contributed by atoms with E-state index in [-0.39, 0.29) is 5.78 Å². The molecule has 0 radical (unpaired) electrons. The third kappa shape index (κ3) is 4.49. The number of Topliss-reactive ketones (excluding diaryl/α,β-unsaturated/α-hetero) is 1. The lowest BCUT2D eigenvalue weighted by Crippen LogP contribution is -2.45. The zero-order valence-electron chi connectivity index (χ0n) is 18.3. The minimum atomic E-state index is 0.236. The molecule has 0 unspecified atom stereocenters. The van der Waals surface area contributed by atoms with Crippen LogP contribution in [0.1, 0.15) is 23.2 Å². The van der Waals surface area contributed by atoms with Crippen LogP contribution < -0.4 is 0 Å². The Morgan fingerprint density at radius 3 is 2.78 bits per heavy atom. The summed E-state index contributed by atoms with van der Waals surface area (Å²) in [5.74, 6) is 0.236. The fourth-order valence-electron chi connectivity index (χ4n) is 4.57. The smallest absolute Gasteiger partial charge is 0.165 e. The largest absolute Gasteiger partial charge is 0.306 e. The number of ketones is 1. The van der Waals surface area contributed by atoms with Gasteiger partial charge < -0.3 is 14.2 Å². The van der Waals surface area contributed by atoms with Crippen molar-refractivity contribution in [3.05, 3.63) is 81.7 Å². The quantitative estimate of drug-likeness (QED) is 0.515. The first-order valence-electron chi connectivity index (χ1n) is 11.1. The van der Waals surface area contributed by atoms with E-state index in [1.165, 1.54) is 5.56 Å². The third-order valence-corrected chi connectivity index (χ3v) is 6.90. The molecular weight excluding hydrogens is 464 g/mol. The second kappa shape index (κ2) is 9.14. The van der Waals surface area contributed by atoms with E-state index in [1.54, 1.807) is 0 Å². The molecule has 1 aromatic carbocycles. The molecule has 0 saturated carbocycles. The number of imidazole rings is 1. The number of fused-ring (bicyclic) bond motifs is 2. The van der Waals surface area contributed by atoms with Crippen LogP contribution in [-0.2, 0) is 11.2 Å². The van der Waals surface area contributed by atoms with Gasteiger partial charge in [-0.25, -0.2) is 4.98 Å². The molecule has 3 aromatic rings. The van der Waals surface area contributed by atoms with Gasteiger partial charge >= 0.3 is 0 Å². The second-order valence-electron chi connectivity index (χ2n) is 8.66. The first kappa shape index (κ1) is 21.3. The Bertz CT molecular complexity index is 1180. The Morgan fingerprint density at radius 1 is 1.12 bits per heavy atom. The van der Waals surface area contributed by atoms with E-state index >= 15 is 0 Å². The number of likely N-dealkylation sites (N-methyl/N-ethyl adjacent to an activating group) is 1. The number of halogens is 1. The Kier molecular flexibility index (Phi) is 6.09. The monoisotopic (exact) mass is 490 g/mol. The summed E-state index contributed by atoms with van der Waals surface area (Å²) >= 11 is 3.58. The molecule has 0 spiro atoms. The summed E-state index contributed by atoms with van der Waals surface area (Å²) in [5, 5.41) is 0. The SMILES string of the molecule is CN1CCN(CCC(=O)C2=C(/C=C/c3cn4ccccc4n3)Cc3cc(Br)ccc32)CC1. The molecule has 2 aliphatic rings. The summed E-state index contributed by atoms with van der Waals surface area (Å²) in [6.45, 7) is 5.03. The van der Waals surface area contributed by atoms with E-state index in [2.05, 4.69) is 56.0 Å². The second-order valence-corrected chi connectivity index (χ2v) is 9.58. The van der Waals surface area contributed by atoms with Gasteiger partial charge in [0.15, 0.2) is 5.78 Å². The number of aromatic nitrogens is 2. The van der Waals surface area contributed by atoms with Crippen LogP contribution in [0.2, 0.25) is 0 Å². The average Bonchev–Trinajstić information content (AvgIpc) is 3.37. The lowest BCUT2D eigenvalue weighted by Gasteiger charge is -2.32. The number of piperazine rings is 1. The van der Waals surface area contributed by atoms with Gasteiger partial charge in [0, 0.05) is 61.6 Å². The molecule has 1 fully saturated rings. The summed E-state index contributed by atoms with van der Waals surface area (Å²) < 4.78 is 3.06. The highest BCUT2D eigenvalue weighted by atomic mass is 79.9. The van der Waals surface area contributed by atoms with Gasteiger partial charge in [0.2, 0.25) is 0 Å². The minimum absolute atomic E-state index is 0.236. The zero-order chi connectivity index (χ0) is 22.1. The van der Waals surface area contributed by atoms with Crippen LogP contribution in [0.25, 0.3) is 17.3 Å². The molecule has 3 heterocycles. The van der Waals surface area contributed by atoms with Crippen molar-refractivity contribution >= 4 is 39.0 Å². The summed E-state index contributed by atoms with van der Waals surface area (Å²) in [6, 6.07) is 12.2. The molecule has 32 heavy (non-hydrogen) atoms. The van der Waals surface area contributed by atoms with E-state index in [9.17, 15) is 4.79 Å². The van der Waals surface area contributed by atoms with Crippen molar-refractivity contribution in [2.75, 3.05) is 39.8 Å². The number of allylic oxidation sites excluding steroid dienone is 3. The molecule has 6 heteroatoms. The van der Waals surface area contributed by atoms with Gasteiger partial charge in [-0.2, -0.15) is 0 Å². The molecule has 0 bridgehead atoms. The maximum atomic E-state index is 13.4. The van der Waals surface area contributed by atoms with Crippen molar-refractivity contribution in [3.8, 4) is 0 Å². The van der Waals surface area contributed by atoms with Crippen molar-refractivity contribution in [1.82, 2.24) is 19.2 Å². The topological polar surface area (TPSA) is 40.9 Å². The Morgan fingerprint density at radius 2 is 1.97 bits per heavy atom. The molecule has 5 rings (SSSR count). The predicted octanol–water partition coefficient (Wildman–Crippen LogP) is 4.33. The van der Waals surface area contributed by atoms with Crippen LogP contribution >= 0.6 is 15.9 Å². The van der Waals surface area contributed by atoms with Crippen LogP contribution in [0.15, 0.2) is 64.9 Å². The van der Waals surface area contributed by atoms with Crippen LogP contribution in [0.3, 0.4) is 0 Å². The molecule has 5 nitrogen and oxygen atoms in total. The van der Waals surface area contributed by atoms with Crippen molar-refractivity contribution in [2.24, 2.45) is 0 Å². The standard InChI is InChI=1S/C26H27BrN4O/c1-29-12-14-30(15-13-29)11-9-24(32)26-19(16-20-17-21(27)6-8-23(20)26)5-7-22-18-31-10-3-2-4-25(31)28-22/h2-8,10,17-18H,9,11-16H2,1H3/b7-5+. The van der Waals surface area contributed by atoms with Gasteiger partial charge in [-0.3, -0.25) is 4.79 Å². The van der Waals surface area contributed by atoms with Crippen LogP contribution in [0.4, 0.5) is 0 Å². The number of rotatable bonds is 6. The Hall–Kier alpha value is -2.54. The maximum Gasteiger partial charge on any atom is 0.165 e. The molecule has 0 atom stereocenters. The molecule has 1 saturated heterocycles. The summed E-state index contributed by atoms with van der Waals surface area (Å²) in [6.07, 6.45) is 9.44. The highest BCUT2D eigenvalue weighted by Gasteiger charge is 2.26. The molecule has 0 amide bonds. The van der Waals surface area contributed by atoms with Gasteiger partial charge in [0.1, 0.15) is 5.65 Å². The first-order valence-corrected chi connectivity index (χ1v) is 11.9. The number of carbonyl (C=O) groups excluding carboxylic acids is 1. The van der Waals surface area contributed by atoms with Gasteiger partial charge in [0.05, 0.1) is 5.69 Å². The van der Waals surface area contributed by atoms with E-state index in [0.29, 0.717) is 6.42 Å². The molecule has 1 aliphatic heterocycles. The number of pyridine rings is 1. The normalized spacial score (nSPS) is 17.6. The van der Waals surface area contributed by atoms with E-state index < -0.39 is 0 Å². The number of hydrogen-bond donors (Lipinski definition) is 0. The number of carbonyl (C=O) groups is 1. The lowest BCUT2D eigenvalue weighted by atomic mass is 9.99. The average molecular weight is 491 g/mol. The Balaban J connectivity index is 1.39. The highest BCUT2D eigenvalue weighted by molar-refractivity contribution is 9.10. The lowest BCUT2D eigenvalue weighted by molar-refractivity contribution is -0.114. The highest BCUT2D eigenvalue weighted by Crippen LogP contribution is 2.36. The molecule has 1 aliphatic carbocycles. The van der Waals surface area contributed by atoms with Crippen LogP contribution in [0.5, 0.6) is 0 Å². The van der Waals surface area contributed by atoms with E-state index in [0.717, 1.165) is 71.7 Å². The molecule has 0 N–H and O–H groups in total. The van der Waals surface area contributed by atoms with Crippen molar-refractivity contribution in [2.45, 2.75) is 12.8 Å². The predicted molar refractivity (Wildman–Crippen MR) is 133 cm³/mol. The fraction of sp³-hybridized carbons (Fsp3) is 0.308. The van der Waals surface area contributed by atoms with Gasteiger partial charge in [-0.1, -0.05) is 34.1 Å². The first-order chi connectivity index (χ1) is 15.6. The van der Waals surface area contributed by atoms with Gasteiger partial charge in [-0.05, 0) is 60.5 Å². The summed E-state index contributed by atoms with van der Waals surface area (Å²) in [7, 11) is 2.16. The Labute approximate surface area is 197 Å². The zero-order valence-corrected chi connectivity index (χ0v) is 19.9. The van der Waals surface area contributed by atoms with Gasteiger partial charge in [-0.15, -0.1) is 0 Å². The maximum absolute atomic E-state index is 13.4. The van der Waals surface area contributed by atoms with Crippen molar-refractivity contribution in [1.29, 1.82) is 0 Å². The number of benzene rings is 1. The van der Waals surface area contributed by atoms with Crippen molar-refractivity contribution in [3.63, 3.8) is 0 Å². The third-order valence-electron chi connectivity index (χ3n) is 6.41. The van der Waals surface area contributed by atoms with Gasteiger partial charge in [0.25, 0.3) is 0 Å². The van der Waals surface area contributed by atoms with Crippen LogP contribution in [-0.4, -0.2) is 64.7 Å². The fourth-order valence-corrected chi connectivity index (χ4v) is 4.98. The molecular formula is C26H27BrN4O. The summed E-state index contributed by atoms with van der Waals surface area (Å²) in [5.41, 5.74) is 6.05. The van der Waals surface area contributed by atoms with E-state index in [1.807, 2.05) is 47.1 Å².